The van der Waals surface area contributed by atoms with Crippen LogP contribution >= 0.6 is 0 Å². The Hall–Kier alpha value is -3.79. The van der Waals surface area contributed by atoms with Gasteiger partial charge in [-0.15, -0.1) is 12.3 Å². The van der Waals surface area contributed by atoms with E-state index in [2.05, 4.69) is 23.4 Å². The fraction of sp³-hybridized carbons (Fsp3) is 0.370. The third kappa shape index (κ3) is 3.90. The van der Waals surface area contributed by atoms with E-state index in [0.717, 1.165) is 22.3 Å². The highest BCUT2D eigenvalue weighted by molar-refractivity contribution is 5.86. The zero-order valence-electron chi connectivity index (χ0n) is 18.6. The number of nitrogens with zero attached hydrogens (tertiary/aromatic N) is 1. The van der Waals surface area contributed by atoms with Crippen LogP contribution in [0.5, 0.6) is 0 Å². The van der Waals surface area contributed by atoms with Crippen LogP contribution in [-0.2, 0) is 14.3 Å². The van der Waals surface area contributed by atoms with E-state index in [-0.39, 0.29) is 42.6 Å². The molecule has 2 aliphatic carbocycles. The lowest BCUT2D eigenvalue weighted by molar-refractivity contribution is -0.139. The second kappa shape index (κ2) is 8.86. The molecule has 3 aliphatic rings. The number of ether oxygens (including phenoxy) is 1. The molecule has 174 valence electrons. The van der Waals surface area contributed by atoms with Crippen LogP contribution in [0.25, 0.3) is 11.1 Å². The second-order valence-corrected chi connectivity index (χ2v) is 9.20. The minimum atomic E-state index is -0.903. The van der Waals surface area contributed by atoms with Crippen molar-refractivity contribution in [3.05, 3.63) is 59.7 Å². The Bertz CT molecular complexity index is 1140. The van der Waals surface area contributed by atoms with Crippen molar-refractivity contribution in [1.29, 1.82) is 0 Å². The number of hydrogen-bond donors (Lipinski definition) is 2. The number of carbonyl (C=O) groups is 3. The Labute approximate surface area is 198 Å². The van der Waals surface area contributed by atoms with Crippen LogP contribution in [0.15, 0.2) is 48.5 Å². The van der Waals surface area contributed by atoms with Crippen molar-refractivity contribution in [2.24, 2.45) is 17.8 Å². The van der Waals surface area contributed by atoms with Crippen molar-refractivity contribution in [3.63, 3.8) is 0 Å². The first-order valence-electron chi connectivity index (χ1n) is 11.6. The molecule has 1 saturated heterocycles. The Morgan fingerprint density at radius 2 is 1.74 bits per heavy atom. The predicted molar refractivity (Wildman–Crippen MR) is 125 cm³/mol. The van der Waals surface area contributed by atoms with E-state index in [4.69, 9.17) is 11.2 Å². The van der Waals surface area contributed by atoms with Gasteiger partial charge in [0.1, 0.15) is 12.6 Å². The molecule has 4 atom stereocenters. The number of aliphatic carboxylic acids is 1. The summed E-state index contributed by atoms with van der Waals surface area (Å²) in [4.78, 5) is 38.7. The van der Waals surface area contributed by atoms with E-state index in [0.29, 0.717) is 19.5 Å². The standard InChI is InChI=1S/C27H26N2O5/c1-2-7-23(25(30)29-13-12-20-21(14-29)24(20)26(31)32)28-27(33)34-15-22-18-10-5-3-8-16(18)17-9-4-6-11-19(17)22/h1,3-6,8-11,20-24H,7,12-15H2,(H,28,33)(H,31,32)/t20-,21+,23?,24?/m1/s1. The molecule has 2 unspecified atom stereocenters. The van der Waals surface area contributed by atoms with Crippen LogP contribution in [0, 0.1) is 30.1 Å². The fourth-order valence-electron chi connectivity index (χ4n) is 5.63. The van der Waals surface area contributed by atoms with Crippen molar-refractivity contribution < 1.29 is 24.2 Å². The number of likely N-dealkylation sites (tertiary alicyclic amines) is 1. The van der Waals surface area contributed by atoms with Crippen molar-refractivity contribution in [2.75, 3.05) is 19.7 Å². The van der Waals surface area contributed by atoms with E-state index in [1.807, 2.05) is 36.4 Å². The number of benzene rings is 2. The topological polar surface area (TPSA) is 95.9 Å². The third-order valence-corrected chi connectivity index (χ3v) is 7.35. The monoisotopic (exact) mass is 458 g/mol. The molecular formula is C27H26N2O5. The summed E-state index contributed by atoms with van der Waals surface area (Å²) in [5.41, 5.74) is 4.48. The normalized spacial score (nSPS) is 23.0. The van der Waals surface area contributed by atoms with E-state index in [1.165, 1.54) is 0 Å². The zero-order valence-corrected chi connectivity index (χ0v) is 18.6. The first-order valence-corrected chi connectivity index (χ1v) is 11.6. The summed E-state index contributed by atoms with van der Waals surface area (Å²) in [5, 5.41) is 11.9. The molecule has 2 amide bonds. The Morgan fingerprint density at radius 1 is 1.09 bits per heavy atom. The smallest absolute Gasteiger partial charge is 0.407 e. The van der Waals surface area contributed by atoms with Crippen LogP contribution in [-0.4, -0.2) is 53.7 Å². The van der Waals surface area contributed by atoms with Gasteiger partial charge in [0.15, 0.2) is 0 Å². The summed E-state index contributed by atoms with van der Waals surface area (Å²) in [6, 6.07) is 15.2. The number of nitrogens with one attached hydrogen (secondary N) is 1. The Balaban J connectivity index is 1.22. The molecule has 1 aliphatic heterocycles. The van der Waals surface area contributed by atoms with Crippen LogP contribution in [0.1, 0.15) is 29.9 Å². The molecule has 2 aromatic rings. The summed E-state index contributed by atoms with van der Waals surface area (Å²) in [6.45, 7) is 0.996. The number of carboxylic acids is 1. The van der Waals surface area contributed by atoms with Crippen LogP contribution in [0.4, 0.5) is 4.79 Å². The maximum absolute atomic E-state index is 13.1. The summed E-state index contributed by atoms with van der Waals surface area (Å²) >= 11 is 0. The van der Waals surface area contributed by atoms with Gasteiger partial charge in [0.05, 0.1) is 5.92 Å². The number of fused-ring (bicyclic) bond motifs is 4. The molecule has 0 aromatic heterocycles. The number of carboxylic acid groups (broad SMARTS) is 1. The molecule has 0 radical (unpaired) electrons. The lowest BCUT2D eigenvalue weighted by Crippen LogP contribution is -2.50. The van der Waals surface area contributed by atoms with Gasteiger partial charge in [-0.05, 0) is 40.5 Å². The van der Waals surface area contributed by atoms with Gasteiger partial charge in [-0.3, -0.25) is 9.59 Å². The predicted octanol–water partition coefficient (Wildman–Crippen LogP) is 3.10. The summed E-state index contributed by atoms with van der Waals surface area (Å²) in [7, 11) is 0. The molecule has 2 N–H and O–H groups in total. The number of rotatable bonds is 6. The van der Waals surface area contributed by atoms with Gasteiger partial charge in [-0.1, -0.05) is 48.5 Å². The number of carbonyl (C=O) groups excluding carboxylic acids is 2. The number of terminal acetylenes is 1. The van der Waals surface area contributed by atoms with Gasteiger partial charge in [0.2, 0.25) is 5.91 Å². The maximum atomic E-state index is 13.1. The molecular weight excluding hydrogens is 432 g/mol. The lowest BCUT2D eigenvalue weighted by Gasteiger charge is -2.29. The van der Waals surface area contributed by atoms with Gasteiger partial charge in [0, 0.05) is 25.4 Å². The minimum absolute atomic E-state index is 0.0175. The minimum Gasteiger partial charge on any atom is -0.481 e. The molecule has 1 heterocycles. The molecule has 2 aromatic carbocycles. The van der Waals surface area contributed by atoms with Gasteiger partial charge in [0.25, 0.3) is 0 Å². The van der Waals surface area contributed by atoms with Crippen LogP contribution < -0.4 is 5.32 Å². The second-order valence-electron chi connectivity index (χ2n) is 9.20. The molecule has 1 saturated carbocycles. The Kier molecular flexibility index (Phi) is 5.74. The number of hydrogen-bond acceptors (Lipinski definition) is 4. The zero-order chi connectivity index (χ0) is 23.8. The molecule has 34 heavy (non-hydrogen) atoms. The first kappa shape index (κ1) is 22.0. The molecule has 2 fully saturated rings. The summed E-state index contributed by atoms with van der Waals surface area (Å²) in [5.74, 6) is 1.02. The van der Waals surface area contributed by atoms with E-state index in [1.54, 1.807) is 4.90 Å². The van der Waals surface area contributed by atoms with Crippen molar-refractivity contribution in [3.8, 4) is 23.5 Å². The summed E-state index contributed by atoms with van der Waals surface area (Å²) < 4.78 is 5.56. The number of amides is 2. The first-order chi connectivity index (χ1) is 16.5. The highest BCUT2D eigenvalue weighted by atomic mass is 16.5. The van der Waals surface area contributed by atoms with E-state index < -0.39 is 18.1 Å². The van der Waals surface area contributed by atoms with Gasteiger partial charge in [-0.2, -0.15) is 0 Å². The highest BCUT2D eigenvalue weighted by Crippen LogP contribution is 2.51. The summed E-state index contributed by atoms with van der Waals surface area (Å²) in [6.07, 6.45) is 5.46. The molecule has 7 nitrogen and oxygen atoms in total. The molecule has 0 bridgehead atoms. The largest absolute Gasteiger partial charge is 0.481 e. The highest BCUT2D eigenvalue weighted by Gasteiger charge is 2.57. The number of alkyl carbamates (subject to hydrolysis) is 1. The average molecular weight is 459 g/mol. The van der Waals surface area contributed by atoms with Crippen molar-refractivity contribution >= 4 is 18.0 Å². The van der Waals surface area contributed by atoms with Gasteiger partial charge >= 0.3 is 12.1 Å². The maximum Gasteiger partial charge on any atom is 0.407 e. The van der Waals surface area contributed by atoms with Crippen molar-refractivity contribution in [1.82, 2.24) is 10.2 Å². The third-order valence-electron chi connectivity index (χ3n) is 7.35. The van der Waals surface area contributed by atoms with Gasteiger partial charge < -0.3 is 20.1 Å². The quantitative estimate of drug-likeness (QED) is 0.649. The van der Waals surface area contributed by atoms with E-state index >= 15 is 0 Å². The Morgan fingerprint density at radius 3 is 2.35 bits per heavy atom. The van der Waals surface area contributed by atoms with Crippen molar-refractivity contribution in [2.45, 2.75) is 24.8 Å². The molecule has 0 spiro atoms. The molecule has 5 rings (SSSR count). The molecule has 7 heteroatoms. The van der Waals surface area contributed by atoms with Crippen LogP contribution in [0.3, 0.4) is 0 Å². The van der Waals surface area contributed by atoms with Crippen LogP contribution in [0.2, 0.25) is 0 Å². The lowest BCUT2D eigenvalue weighted by atomic mass is 9.98. The van der Waals surface area contributed by atoms with Gasteiger partial charge in [-0.25, -0.2) is 4.79 Å². The average Bonchev–Trinajstić information content (AvgIpc) is 3.49. The number of piperidine rings is 1. The SMILES string of the molecule is C#CCC(NC(=O)OCC1c2ccccc2-c2ccccc21)C(=O)N1CC[C@H]2C(C(=O)O)[C@H]2C1. The fourth-order valence-corrected chi connectivity index (χ4v) is 5.63. The van der Waals surface area contributed by atoms with E-state index in [9.17, 15) is 19.5 Å².